The Morgan fingerprint density at radius 3 is 1.71 bits per heavy atom. The van der Waals surface area contributed by atoms with E-state index < -0.39 is 6.69 Å². The zero-order chi connectivity index (χ0) is 6.08. The summed E-state index contributed by atoms with van der Waals surface area (Å²) in [6.45, 7) is 9.23. The first-order chi connectivity index (χ1) is 2.94. The Morgan fingerprint density at radius 2 is 1.71 bits per heavy atom. The van der Waals surface area contributed by atoms with Crippen molar-refractivity contribution in [1.82, 2.24) is 0 Å². The van der Waals surface area contributed by atoms with E-state index in [0.717, 1.165) is 0 Å². The van der Waals surface area contributed by atoms with E-state index in [-0.39, 0.29) is 0 Å². The molecule has 0 fully saturated rings. The summed E-state index contributed by atoms with van der Waals surface area (Å²) >= 11 is 3.58. The summed E-state index contributed by atoms with van der Waals surface area (Å²) in [6.07, 6.45) is 0. The Bertz CT molecular complexity index is 80.6. The summed E-state index contributed by atoms with van der Waals surface area (Å²) in [4.78, 5) is 0. The molecule has 7 heavy (non-hydrogen) atoms. The normalized spacial score (nSPS) is 11.4. The van der Waals surface area contributed by atoms with Crippen molar-refractivity contribution < 1.29 is 0 Å². The zero-order valence-electron chi connectivity index (χ0n) is 5.09. The van der Waals surface area contributed by atoms with Gasteiger partial charge in [0.25, 0.3) is 0 Å². The van der Waals surface area contributed by atoms with E-state index in [4.69, 9.17) is 0 Å². The number of halogens is 1. The van der Waals surface area contributed by atoms with E-state index in [9.17, 15) is 0 Å². The minimum Gasteiger partial charge on any atom is -0.121 e. The van der Waals surface area contributed by atoms with E-state index in [2.05, 4.69) is 41.9 Å². The molecule has 0 aromatic heterocycles. The van der Waals surface area contributed by atoms with Crippen molar-refractivity contribution in [2.24, 2.45) is 0 Å². The second kappa shape index (κ2) is 2.14. The predicted octanol–water partition coefficient (Wildman–Crippen LogP) is 2.70. The summed E-state index contributed by atoms with van der Waals surface area (Å²) in [5.74, 6) is 0. The van der Waals surface area contributed by atoms with Crippen molar-refractivity contribution >= 4 is 22.0 Å². The highest BCUT2D eigenvalue weighted by Gasteiger charge is 2.15. The largest absolute Gasteiger partial charge is 0.149 e. The third kappa shape index (κ3) is 3.06. The fourth-order valence-electron chi connectivity index (χ4n) is 0. The lowest BCUT2D eigenvalue weighted by molar-refractivity contribution is 1.63. The summed E-state index contributed by atoms with van der Waals surface area (Å²) in [7, 11) is 0. The molecule has 0 amide bonds. The van der Waals surface area contributed by atoms with Crippen LogP contribution in [0.2, 0.25) is 13.1 Å². The van der Waals surface area contributed by atoms with Crippen LogP contribution in [0.15, 0.2) is 11.8 Å². The number of hydrogen-bond donors (Lipinski definition) is 0. The second-order valence-electron chi connectivity index (χ2n) is 2.25. The fourth-order valence-corrected chi connectivity index (χ4v) is 0. The lowest BCUT2D eigenvalue weighted by Gasteiger charge is -2.10. The van der Waals surface area contributed by atoms with Crippen LogP contribution >= 0.6 is 15.3 Å². The van der Waals surface area contributed by atoms with Crippen molar-refractivity contribution in [3.8, 4) is 0 Å². The van der Waals surface area contributed by atoms with Crippen LogP contribution in [0.4, 0.5) is 0 Å². The number of hydrogen-bond acceptors (Lipinski definition) is 0. The molecule has 0 aliphatic carbocycles. The van der Waals surface area contributed by atoms with E-state index in [1.54, 1.807) is 0 Å². The summed E-state index contributed by atoms with van der Waals surface area (Å²) < 4.78 is 0. The summed E-state index contributed by atoms with van der Waals surface area (Å²) in [5, 5.41) is 1.30. The van der Waals surface area contributed by atoms with Crippen LogP contribution in [0, 0.1) is 0 Å². The van der Waals surface area contributed by atoms with Crippen molar-refractivity contribution in [3.05, 3.63) is 11.8 Å². The van der Waals surface area contributed by atoms with Crippen LogP contribution in [0.5, 0.6) is 0 Å². The summed E-state index contributed by atoms with van der Waals surface area (Å²) in [6, 6.07) is 0. The molecule has 0 saturated heterocycles. The van der Waals surface area contributed by atoms with Gasteiger partial charge in [0.1, 0.15) is 6.69 Å². The van der Waals surface area contributed by atoms with E-state index in [1.165, 1.54) is 5.20 Å². The van der Waals surface area contributed by atoms with Crippen LogP contribution in [0.3, 0.4) is 0 Å². The minimum absolute atomic E-state index is 1.12. The van der Waals surface area contributed by atoms with Gasteiger partial charge in [0, 0.05) is 0 Å². The van der Waals surface area contributed by atoms with Gasteiger partial charge >= 0.3 is 0 Å². The van der Waals surface area contributed by atoms with Crippen LogP contribution in [-0.2, 0) is 0 Å². The van der Waals surface area contributed by atoms with Gasteiger partial charge in [-0.2, -0.15) is 0 Å². The van der Waals surface area contributed by atoms with Crippen molar-refractivity contribution in [3.63, 3.8) is 0 Å². The van der Waals surface area contributed by atoms with Crippen LogP contribution < -0.4 is 0 Å². The lowest BCUT2D eigenvalue weighted by Crippen LogP contribution is -2.16. The van der Waals surface area contributed by atoms with Gasteiger partial charge < -0.3 is 0 Å². The standard InChI is InChI=1S/C5H11BrSi/c1-5(2)7(3,4)6/h1H2,2-4H3. The van der Waals surface area contributed by atoms with E-state index in [0.29, 0.717) is 0 Å². The Balaban J connectivity index is 3.79. The highest BCUT2D eigenvalue weighted by atomic mass is 79.9. The maximum absolute atomic E-state index is 3.84. The van der Waals surface area contributed by atoms with Gasteiger partial charge in [0.2, 0.25) is 0 Å². The lowest BCUT2D eigenvalue weighted by atomic mass is 10.8. The van der Waals surface area contributed by atoms with Crippen molar-refractivity contribution in [2.75, 3.05) is 0 Å². The monoisotopic (exact) mass is 178 g/mol. The average molecular weight is 179 g/mol. The molecule has 0 rings (SSSR count). The van der Waals surface area contributed by atoms with E-state index >= 15 is 0 Å². The first-order valence-electron chi connectivity index (χ1n) is 2.29. The second-order valence-corrected chi connectivity index (χ2v) is 12.0. The maximum atomic E-state index is 3.84. The summed E-state index contributed by atoms with van der Waals surface area (Å²) in [5.41, 5.74) is 0. The van der Waals surface area contributed by atoms with Gasteiger partial charge in [0.15, 0.2) is 0 Å². The molecule has 0 spiro atoms. The molecule has 0 aromatic rings. The van der Waals surface area contributed by atoms with Crippen molar-refractivity contribution in [1.29, 1.82) is 0 Å². The molecule has 0 saturated carbocycles. The molecule has 0 unspecified atom stereocenters. The van der Waals surface area contributed by atoms with Gasteiger partial charge in [-0.3, -0.25) is 0 Å². The number of allylic oxidation sites excluding steroid dienone is 1. The first-order valence-corrected chi connectivity index (χ1v) is 7.55. The van der Waals surface area contributed by atoms with Gasteiger partial charge in [-0.05, 0) is 6.92 Å². The predicted molar refractivity (Wildman–Crippen MR) is 41.2 cm³/mol. The Labute approximate surface area is 54.2 Å². The molecular weight excluding hydrogens is 168 g/mol. The Hall–Kier alpha value is 0.437. The highest BCUT2D eigenvalue weighted by Crippen LogP contribution is 2.18. The smallest absolute Gasteiger partial charge is 0.121 e. The molecule has 0 bridgehead atoms. The van der Waals surface area contributed by atoms with Gasteiger partial charge in [0.05, 0.1) is 0 Å². The Morgan fingerprint density at radius 1 is 1.57 bits per heavy atom. The quantitative estimate of drug-likeness (QED) is 0.429. The molecular formula is C5H11BrSi. The third-order valence-electron chi connectivity index (χ3n) is 1.01. The van der Waals surface area contributed by atoms with Crippen molar-refractivity contribution in [2.45, 2.75) is 20.0 Å². The average Bonchev–Trinajstić information content (AvgIpc) is 1.31. The molecule has 0 atom stereocenters. The topological polar surface area (TPSA) is 0 Å². The maximum Gasteiger partial charge on any atom is 0.149 e. The Kier molecular flexibility index (Phi) is 2.27. The minimum atomic E-state index is -1.12. The molecule has 0 N–H and O–H groups in total. The third-order valence-corrected chi connectivity index (χ3v) is 5.08. The fraction of sp³-hybridized carbons (Fsp3) is 0.600. The molecule has 0 aromatic carbocycles. The molecule has 0 nitrogen and oxygen atoms in total. The van der Waals surface area contributed by atoms with Crippen LogP contribution in [0.1, 0.15) is 6.92 Å². The van der Waals surface area contributed by atoms with E-state index in [1.807, 2.05) is 0 Å². The van der Waals surface area contributed by atoms with Gasteiger partial charge in [-0.25, -0.2) is 0 Å². The van der Waals surface area contributed by atoms with Crippen LogP contribution in [-0.4, -0.2) is 6.69 Å². The SMILES string of the molecule is C=C(C)[Si](C)(C)Br. The molecule has 0 heterocycles. The van der Waals surface area contributed by atoms with Crippen LogP contribution in [0.25, 0.3) is 0 Å². The van der Waals surface area contributed by atoms with Gasteiger partial charge in [-0.1, -0.05) is 18.3 Å². The first kappa shape index (κ1) is 7.44. The molecule has 0 aliphatic heterocycles. The molecule has 0 radical (unpaired) electrons. The highest BCUT2D eigenvalue weighted by molar-refractivity contribution is 9.26. The molecule has 42 valence electrons. The molecule has 0 aliphatic rings. The zero-order valence-corrected chi connectivity index (χ0v) is 7.67. The number of rotatable bonds is 1. The molecule has 2 heteroatoms. The van der Waals surface area contributed by atoms with Gasteiger partial charge in [-0.15, -0.1) is 21.9 Å².